The fourth-order valence-corrected chi connectivity index (χ4v) is 4.60. The van der Waals surface area contributed by atoms with Gasteiger partial charge in [0.05, 0.1) is 11.8 Å². The largest absolute Gasteiger partial charge is 0.490 e. The van der Waals surface area contributed by atoms with Crippen LogP contribution < -0.4 is 4.90 Å². The number of aliphatic carboxylic acids is 1. The number of carboxylic acid groups (broad SMARTS) is 1. The molecule has 33 heavy (non-hydrogen) atoms. The number of carboxylic acids is 1. The van der Waals surface area contributed by atoms with E-state index in [0.717, 1.165) is 24.7 Å². The first kappa shape index (κ1) is 24.8. The minimum atomic E-state index is -5.08. The van der Waals surface area contributed by atoms with Crippen molar-refractivity contribution in [1.29, 1.82) is 0 Å². The summed E-state index contributed by atoms with van der Waals surface area (Å²) in [5, 5.41) is 13.7. The van der Waals surface area contributed by atoms with E-state index in [0.29, 0.717) is 18.0 Å². The van der Waals surface area contributed by atoms with Crippen LogP contribution in [0.3, 0.4) is 0 Å². The first-order valence-electron chi connectivity index (χ1n) is 11.0. The summed E-state index contributed by atoms with van der Waals surface area (Å²) in [6.45, 7) is 8.04. The lowest BCUT2D eigenvalue weighted by Gasteiger charge is -2.29. The predicted octanol–water partition coefficient (Wildman–Crippen LogP) is 3.84. The number of rotatable bonds is 5. The number of benzene rings is 1. The molecule has 1 aromatic carbocycles. The van der Waals surface area contributed by atoms with Gasteiger partial charge in [-0.1, -0.05) is 12.1 Å². The molecule has 2 aliphatic heterocycles. The fourth-order valence-electron chi connectivity index (χ4n) is 4.60. The van der Waals surface area contributed by atoms with Crippen LogP contribution in [0.5, 0.6) is 0 Å². The maximum Gasteiger partial charge on any atom is 0.490 e. The number of likely N-dealkylation sites (tertiary alicyclic amines) is 1. The normalized spacial score (nSPS) is 21.1. The van der Waals surface area contributed by atoms with Crippen LogP contribution in [0.4, 0.5) is 18.9 Å². The van der Waals surface area contributed by atoms with Gasteiger partial charge in [-0.05, 0) is 56.8 Å². The number of carbonyl (C=O) groups is 2. The molecule has 0 saturated carbocycles. The molecule has 10 heteroatoms. The van der Waals surface area contributed by atoms with Gasteiger partial charge in [-0.25, -0.2) is 4.79 Å². The smallest absolute Gasteiger partial charge is 0.475 e. The van der Waals surface area contributed by atoms with Gasteiger partial charge in [-0.3, -0.25) is 14.8 Å². The zero-order chi connectivity index (χ0) is 24.2. The van der Waals surface area contributed by atoms with Crippen LogP contribution in [0, 0.1) is 6.92 Å². The summed E-state index contributed by atoms with van der Waals surface area (Å²) in [7, 11) is 0. The maximum absolute atomic E-state index is 12.3. The number of halogens is 3. The summed E-state index contributed by atoms with van der Waals surface area (Å²) in [4.78, 5) is 26.4. The van der Waals surface area contributed by atoms with Gasteiger partial charge in [0, 0.05) is 43.5 Å². The summed E-state index contributed by atoms with van der Waals surface area (Å²) >= 11 is 0. The van der Waals surface area contributed by atoms with Crippen LogP contribution in [0.15, 0.2) is 30.6 Å². The van der Waals surface area contributed by atoms with E-state index in [4.69, 9.17) is 9.90 Å². The van der Waals surface area contributed by atoms with E-state index in [1.54, 1.807) is 12.4 Å². The maximum atomic E-state index is 12.3. The highest BCUT2D eigenvalue weighted by Gasteiger charge is 2.38. The van der Waals surface area contributed by atoms with E-state index in [1.165, 1.54) is 37.1 Å². The summed E-state index contributed by atoms with van der Waals surface area (Å²) in [6.07, 6.45) is 2.53. The van der Waals surface area contributed by atoms with Gasteiger partial charge in [0.15, 0.2) is 5.78 Å². The Morgan fingerprint density at radius 1 is 1.24 bits per heavy atom. The highest BCUT2D eigenvalue weighted by Crippen LogP contribution is 2.30. The molecule has 1 aromatic heterocycles. The molecule has 0 amide bonds. The van der Waals surface area contributed by atoms with Crippen molar-refractivity contribution in [3.05, 3.63) is 47.3 Å². The molecule has 2 aliphatic rings. The van der Waals surface area contributed by atoms with Crippen LogP contribution in [0.2, 0.25) is 0 Å². The molecule has 0 bridgehead atoms. The highest BCUT2D eigenvalue weighted by molar-refractivity contribution is 5.97. The standard InChI is InChI=1S/C21H28N4O.C2HF3O2/c1-15-10-17(11-21(26)18-12-22-23-13-18)5-6-20(15)24-9-7-19(14-24)25-8-3-4-16(25)2;3-2(4,5)1(6)7/h5-6,10,12-13,16,19H,3-4,7-9,11,14H2,1-2H3,(H,22,23);(H,6,7). The molecule has 2 saturated heterocycles. The van der Waals surface area contributed by atoms with Crippen LogP contribution in [0.1, 0.15) is 47.7 Å². The van der Waals surface area contributed by atoms with Crippen molar-refractivity contribution in [2.24, 2.45) is 0 Å². The molecule has 3 heterocycles. The van der Waals surface area contributed by atoms with Crippen molar-refractivity contribution < 1.29 is 27.9 Å². The van der Waals surface area contributed by atoms with Crippen LogP contribution >= 0.6 is 0 Å². The van der Waals surface area contributed by atoms with Crippen molar-refractivity contribution in [3.8, 4) is 0 Å². The van der Waals surface area contributed by atoms with Gasteiger partial charge in [0.25, 0.3) is 0 Å². The molecular weight excluding hydrogens is 437 g/mol. The van der Waals surface area contributed by atoms with Crippen molar-refractivity contribution in [2.45, 2.75) is 57.8 Å². The quantitative estimate of drug-likeness (QED) is 0.651. The molecule has 2 aromatic rings. The second-order valence-corrected chi connectivity index (χ2v) is 8.63. The third-order valence-electron chi connectivity index (χ3n) is 6.27. The van der Waals surface area contributed by atoms with Crippen molar-refractivity contribution in [2.75, 3.05) is 24.5 Å². The average molecular weight is 467 g/mol. The lowest BCUT2D eigenvalue weighted by Crippen LogP contribution is -2.39. The Labute approximate surface area is 190 Å². The molecule has 2 N–H and O–H groups in total. The number of aromatic amines is 1. The van der Waals surface area contributed by atoms with Gasteiger partial charge in [-0.15, -0.1) is 0 Å². The number of aryl methyl sites for hydroxylation is 1. The monoisotopic (exact) mass is 466 g/mol. The van der Waals surface area contributed by atoms with Crippen molar-refractivity contribution >= 4 is 17.4 Å². The number of alkyl halides is 3. The molecule has 7 nitrogen and oxygen atoms in total. The number of anilines is 1. The molecule has 2 fully saturated rings. The number of H-pyrrole nitrogens is 1. The van der Waals surface area contributed by atoms with E-state index < -0.39 is 12.1 Å². The number of hydrogen-bond acceptors (Lipinski definition) is 5. The molecule has 2 atom stereocenters. The number of nitrogens with zero attached hydrogens (tertiary/aromatic N) is 3. The Morgan fingerprint density at radius 2 is 1.97 bits per heavy atom. The van der Waals surface area contributed by atoms with Gasteiger partial charge in [0.1, 0.15) is 0 Å². The average Bonchev–Trinajstić information content (AvgIpc) is 3.49. The van der Waals surface area contributed by atoms with E-state index >= 15 is 0 Å². The third-order valence-corrected chi connectivity index (χ3v) is 6.27. The Morgan fingerprint density at radius 3 is 2.52 bits per heavy atom. The Hall–Kier alpha value is -2.88. The second kappa shape index (κ2) is 10.4. The van der Waals surface area contributed by atoms with E-state index in [1.807, 2.05) is 0 Å². The summed E-state index contributed by atoms with van der Waals surface area (Å²) in [5.41, 5.74) is 4.30. The van der Waals surface area contributed by atoms with Crippen molar-refractivity contribution in [3.63, 3.8) is 0 Å². The van der Waals surface area contributed by atoms with E-state index in [2.05, 4.69) is 52.0 Å². The minimum absolute atomic E-state index is 0.107. The number of ketones is 1. The fraction of sp³-hybridized carbons (Fsp3) is 0.522. The topological polar surface area (TPSA) is 89.5 Å². The minimum Gasteiger partial charge on any atom is -0.475 e. The number of carbonyl (C=O) groups excluding carboxylic acids is 1. The summed E-state index contributed by atoms with van der Waals surface area (Å²) < 4.78 is 31.7. The molecule has 0 aliphatic carbocycles. The van der Waals surface area contributed by atoms with Crippen LogP contribution in [-0.2, 0) is 11.2 Å². The first-order chi connectivity index (χ1) is 15.6. The van der Waals surface area contributed by atoms with Gasteiger partial charge >= 0.3 is 12.1 Å². The molecule has 4 rings (SSSR count). The van der Waals surface area contributed by atoms with Crippen molar-refractivity contribution in [1.82, 2.24) is 15.1 Å². The predicted molar refractivity (Wildman–Crippen MR) is 118 cm³/mol. The zero-order valence-corrected chi connectivity index (χ0v) is 18.7. The second-order valence-electron chi connectivity index (χ2n) is 8.63. The number of Topliss-reactive ketones (excluding diaryl/α,β-unsaturated/α-hetero) is 1. The number of aromatic nitrogens is 2. The van der Waals surface area contributed by atoms with Crippen LogP contribution in [0.25, 0.3) is 0 Å². The first-order valence-corrected chi connectivity index (χ1v) is 11.0. The lowest BCUT2D eigenvalue weighted by atomic mass is 10.0. The lowest BCUT2D eigenvalue weighted by molar-refractivity contribution is -0.192. The third kappa shape index (κ3) is 6.34. The highest BCUT2D eigenvalue weighted by atomic mass is 19.4. The molecule has 0 spiro atoms. The zero-order valence-electron chi connectivity index (χ0n) is 18.7. The van der Waals surface area contributed by atoms with Gasteiger partial charge in [-0.2, -0.15) is 18.3 Å². The summed E-state index contributed by atoms with van der Waals surface area (Å²) in [6, 6.07) is 7.89. The molecule has 180 valence electrons. The molecular formula is C23H29F3N4O3. The number of nitrogens with one attached hydrogen (secondary N) is 1. The van der Waals surface area contributed by atoms with E-state index in [9.17, 15) is 18.0 Å². The Bertz CT molecular complexity index is 962. The van der Waals surface area contributed by atoms with E-state index in [-0.39, 0.29) is 5.78 Å². The SMILES string of the molecule is Cc1cc(CC(=O)c2cn[nH]c2)ccc1N1CCC(N2CCCC2C)C1.O=C(O)C(F)(F)F. The van der Waals surface area contributed by atoms with Gasteiger partial charge in [0.2, 0.25) is 0 Å². The Balaban J connectivity index is 0.000000383. The summed E-state index contributed by atoms with van der Waals surface area (Å²) in [5.74, 6) is -2.65. The molecule has 0 radical (unpaired) electrons. The number of hydrogen-bond donors (Lipinski definition) is 2. The van der Waals surface area contributed by atoms with Gasteiger partial charge < -0.3 is 10.0 Å². The Kier molecular flexibility index (Phi) is 7.78. The molecule has 2 unspecified atom stereocenters. The van der Waals surface area contributed by atoms with Crippen LogP contribution in [-0.4, -0.2) is 69.9 Å².